The maximum atomic E-state index is 14.2. The van der Waals surface area contributed by atoms with Crippen LogP contribution in [0.1, 0.15) is 56.7 Å². The first-order valence-electron chi connectivity index (χ1n) is 17.4. The number of unbranched alkanes of at least 4 members (excludes halogenated alkanes) is 1. The summed E-state index contributed by atoms with van der Waals surface area (Å²) in [5.41, 5.74) is 19.3. The van der Waals surface area contributed by atoms with Crippen LogP contribution < -0.4 is 47.9 Å². The number of carbonyl (C=O) groups is 5. The number of rotatable bonds is 16. The molecule has 10 N–H and O–H groups in total. The third kappa shape index (κ3) is 11.4. The number of benzene rings is 2. The Balaban J connectivity index is 2.27. The van der Waals surface area contributed by atoms with Gasteiger partial charge < -0.3 is 52.8 Å². The van der Waals surface area contributed by atoms with Gasteiger partial charge >= 0.3 is 0 Å². The summed E-state index contributed by atoms with van der Waals surface area (Å²) < 4.78 is 12.1. The zero-order chi connectivity index (χ0) is 38.2. The molecular formula is C36H51N9O7. The smallest absolute Gasteiger partial charge is 0.248 e. The number of hydrogen-bond acceptors (Lipinski definition) is 11. The van der Waals surface area contributed by atoms with Crippen LogP contribution in [0.25, 0.3) is 11.1 Å². The number of fused-ring (bicyclic) bond motifs is 5. The van der Waals surface area contributed by atoms with Crippen LogP contribution in [-0.2, 0) is 30.4 Å². The molecule has 16 nitrogen and oxygen atoms in total. The van der Waals surface area contributed by atoms with E-state index in [1.165, 1.54) is 25.8 Å². The van der Waals surface area contributed by atoms with Crippen LogP contribution in [0, 0.1) is 11.3 Å². The van der Waals surface area contributed by atoms with Gasteiger partial charge in [-0.3, -0.25) is 24.0 Å². The topological polar surface area (TPSA) is 257 Å². The van der Waals surface area contributed by atoms with Crippen LogP contribution in [0.4, 0.5) is 0 Å². The second-order valence-electron chi connectivity index (χ2n) is 12.4. The van der Waals surface area contributed by atoms with E-state index in [2.05, 4.69) is 21.3 Å². The van der Waals surface area contributed by atoms with Crippen molar-refractivity contribution in [3.63, 3.8) is 0 Å². The molecule has 282 valence electrons. The first kappa shape index (κ1) is 41.2. The molecule has 16 heteroatoms. The number of nitrogens with two attached hydrogens (primary N) is 3. The lowest BCUT2D eigenvalue weighted by Crippen LogP contribution is -2.55. The second-order valence-corrected chi connectivity index (χ2v) is 12.4. The molecule has 4 bridgehead atoms. The highest BCUT2D eigenvalue weighted by Gasteiger charge is 2.35. The zero-order valence-electron chi connectivity index (χ0n) is 30.0. The Bertz CT molecular complexity index is 1610. The standard InChI is InChI=1S/C36H51N9O7/c1-22-33(47)44-29(34(48)41-16-6-13-38)20-24-8-10-30(51-17-14-39)26(19-24)27-21-25(9-11-31(27)52-18-15-40)32(35(49)42-22)45(3)36(50)28(43-23(2)46)7-4-5-12-37/h8-11,19,21-22,28-29,32H,4-7,12,14-18,20,37,39-40H2,1-3H3,(H,41,48)(H,42,49)(H,43,46)(H,44,47)/t22-,28-,29-,32-/m0/s1. The number of ether oxygens (including phenoxy) is 2. The molecule has 3 rings (SSSR count). The Morgan fingerprint density at radius 3 is 2.23 bits per heavy atom. The number of nitrogens with one attached hydrogen (secondary N) is 4. The third-order valence-electron chi connectivity index (χ3n) is 8.37. The highest BCUT2D eigenvalue weighted by molar-refractivity contribution is 5.96. The molecule has 52 heavy (non-hydrogen) atoms. The molecule has 0 saturated heterocycles. The van der Waals surface area contributed by atoms with Gasteiger partial charge in [-0.1, -0.05) is 12.1 Å². The van der Waals surface area contributed by atoms with Gasteiger partial charge in [0.05, 0.1) is 12.5 Å². The predicted octanol–water partition coefficient (Wildman–Crippen LogP) is -0.263. The van der Waals surface area contributed by atoms with E-state index < -0.39 is 53.7 Å². The van der Waals surface area contributed by atoms with Crippen molar-refractivity contribution in [2.45, 2.75) is 70.1 Å². The maximum absolute atomic E-state index is 14.2. The van der Waals surface area contributed by atoms with Crippen LogP contribution in [0.2, 0.25) is 0 Å². The summed E-state index contributed by atoms with van der Waals surface area (Å²) in [7, 11) is 1.45. The summed E-state index contributed by atoms with van der Waals surface area (Å²) in [5.74, 6) is -1.96. The molecule has 1 aliphatic heterocycles. The Labute approximate surface area is 304 Å². The molecular weight excluding hydrogens is 670 g/mol. The molecule has 2 aromatic rings. The van der Waals surface area contributed by atoms with Gasteiger partial charge in [0.25, 0.3) is 0 Å². The van der Waals surface area contributed by atoms with Crippen molar-refractivity contribution in [3.05, 3.63) is 47.5 Å². The highest BCUT2D eigenvalue weighted by atomic mass is 16.5. The normalized spacial score (nSPS) is 17.7. The molecule has 0 spiro atoms. The molecule has 0 unspecified atom stereocenters. The van der Waals surface area contributed by atoms with Crippen LogP contribution in [-0.4, -0.2) is 99.0 Å². The molecule has 0 fully saturated rings. The average Bonchev–Trinajstić information content (AvgIpc) is 3.12. The highest BCUT2D eigenvalue weighted by Crippen LogP contribution is 2.40. The monoisotopic (exact) mass is 721 g/mol. The Hall–Kier alpha value is -5.24. The van der Waals surface area contributed by atoms with E-state index in [1.54, 1.807) is 36.4 Å². The van der Waals surface area contributed by atoms with E-state index in [9.17, 15) is 24.0 Å². The minimum absolute atomic E-state index is 0.0577. The zero-order valence-corrected chi connectivity index (χ0v) is 30.0. The number of amides is 5. The van der Waals surface area contributed by atoms with Crippen LogP contribution >= 0.6 is 0 Å². The quantitative estimate of drug-likeness (QED) is 0.111. The fraction of sp³-hybridized carbons (Fsp3) is 0.500. The van der Waals surface area contributed by atoms with E-state index in [0.717, 1.165) is 0 Å². The van der Waals surface area contributed by atoms with Crippen LogP contribution in [0.5, 0.6) is 11.5 Å². The molecule has 4 atom stereocenters. The fourth-order valence-corrected chi connectivity index (χ4v) is 5.82. The van der Waals surface area contributed by atoms with Crippen LogP contribution in [0.15, 0.2) is 36.4 Å². The number of nitriles is 1. The lowest BCUT2D eigenvalue weighted by atomic mass is 9.93. The van der Waals surface area contributed by atoms with Crippen molar-refractivity contribution in [1.29, 1.82) is 5.26 Å². The van der Waals surface area contributed by atoms with E-state index in [0.29, 0.717) is 53.1 Å². The van der Waals surface area contributed by atoms with Crippen LogP contribution in [0.3, 0.4) is 0 Å². The van der Waals surface area contributed by atoms with Gasteiger partial charge in [0, 0.05) is 51.2 Å². The number of carbonyl (C=O) groups excluding carboxylic acids is 5. The molecule has 0 aliphatic carbocycles. The fourth-order valence-electron chi connectivity index (χ4n) is 5.82. The van der Waals surface area contributed by atoms with Crippen molar-refractivity contribution in [3.8, 4) is 28.7 Å². The van der Waals surface area contributed by atoms with Gasteiger partial charge in [-0.05, 0) is 68.1 Å². The predicted molar refractivity (Wildman–Crippen MR) is 193 cm³/mol. The van der Waals surface area contributed by atoms with Gasteiger partial charge in [0.2, 0.25) is 29.5 Å². The van der Waals surface area contributed by atoms with E-state index in [1.807, 2.05) is 6.07 Å². The second kappa shape index (κ2) is 20.6. The van der Waals surface area contributed by atoms with Crippen molar-refractivity contribution in [2.75, 3.05) is 46.4 Å². The van der Waals surface area contributed by atoms with Gasteiger partial charge in [0.1, 0.15) is 48.9 Å². The van der Waals surface area contributed by atoms with Crippen molar-refractivity contribution < 1.29 is 33.4 Å². The molecule has 5 amide bonds. The minimum atomic E-state index is -1.29. The van der Waals surface area contributed by atoms with Crippen molar-refractivity contribution >= 4 is 29.5 Å². The minimum Gasteiger partial charge on any atom is -0.492 e. The molecule has 0 radical (unpaired) electrons. The summed E-state index contributed by atoms with van der Waals surface area (Å²) in [6, 6.07) is 7.81. The summed E-state index contributed by atoms with van der Waals surface area (Å²) >= 11 is 0. The Morgan fingerprint density at radius 1 is 0.962 bits per heavy atom. The summed E-state index contributed by atoms with van der Waals surface area (Å²) in [4.78, 5) is 68.5. The SMILES string of the molecule is CC(=O)N[C@@H](CCCCN)C(=O)N(C)[C@@H]1C(=O)N[C@@H](C)C(=O)N[C@H](C(=O)NCCC#N)Cc2ccc(OCCN)c(c2)-c2cc1ccc2OCCN. The summed E-state index contributed by atoms with van der Waals surface area (Å²) in [5, 5.41) is 19.8. The summed E-state index contributed by atoms with van der Waals surface area (Å²) in [6.07, 6.45) is 1.60. The molecule has 0 saturated carbocycles. The lowest BCUT2D eigenvalue weighted by Gasteiger charge is -2.32. The van der Waals surface area contributed by atoms with Gasteiger partial charge in [-0.2, -0.15) is 5.26 Å². The third-order valence-corrected chi connectivity index (χ3v) is 8.37. The molecule has 2 aromatic carbocycles. The van der Waals surface area contributed by atoms with Gasteiger partial charge in [-0.15, -0.1) is 0 Å². The molecule has 1 heterocycles. The number of likely N-dealkylation sites (N-methyl/N-ethyl adjacent to an activating group) is 1. The Kier molecular flexibility index (Phi) is 16.3. The largest absolute Gasteiger partial charge is 0.492 e. The average molecular weight is 722 g/mol. The van der Waals surface area contributed by atoms with Gasteiger partial charge in [-0.25, -0.2) is 0 Å². The molecule has 0 aromatic heterocycles. The first-order chi connectivity index (χ1) is 24.9. The van der Waals surface area contributed by atoms with E-state index >= 15 is 0 Å². The van der Waals surface area contributed by atoms with Crippen molar-refractivity contribution in [2.24, 2.45) is 17.2 Å². The number of hydrogen-bond donors (Lipinski definition) is 7. The number of nitrogens with zero attached hydrogens (tertiary/aromatic N) is 2. The van der Waals surface area contributed by atoms with E-state index in [-0.39, 0.29) is 52.1 Å². The maximum Gasteiger partial charge on any atom is 0.248 e. The Morgan fingerprint density at radius 2 is 1.62 bits per heavy atom. The van der Waals surface area contributed by atoms with E-state index in [4.69, 9.17) is 31.9 Å². The van der Waals surface area contributed by atoms with Gasteiger partial charge in [0.15, 0.2) is 0 Å². The first-order valence-corrected chi connectivity index (χ1v) is 17.4. The molecule has 1 aliphatic rings. The lowest BCUT2D eigenvalue weighted by molar-refractivity contribution is -0.143. The summed E-state index contributed by atoms with van der Waals surface area (Å²) in [6.45, 7) is 4.05. The van der Waals surface area contributed by atoms with Crippen molar-refractivity contribution in [1.82, 2.24) is 26.2 Å².